The molecule has 3 rings (SSSR count). The van der Waals surface area contributed by atoms with Crippen LogP contribution in [0.3, 0.4) is 0 Å². The molecule has 2 N–H and O–H groups in total. The van der Waals surface area contributed by atoms with Gasteiger partial charge in [-0.15, -0.1) is 11.3 Å². The number of thiophene rings is 1. The second-order valence-electron chi connectivity index (χ2n) is 6.41. The van der Waals surface area contributed by atoms with Crippen LogP contribution >= 0.6 is 11.3 Å². The topological polar surface area (TPSA) is 78.5 Å². The maximum atomic E-state index is 12.7. The molecule has 7 heteroatoms. The molecule has 3 amide bonds. The van der Waals surface area contributed by atoms with Gasteiger partial charge in [0, 0.05) is 18.8 Å². The van der Waals surface area contributed by atoms with E-state index in [-0.39, 0.29) is 24.1 Å². The summed E-state index contributed by atoms with van der Waals surface area (Å²) in [6.45, 7) is 4.70. The van der Waals surface area contributed by atoms with E-state index in [0.29, 0.717) is 23.7 Å². The molecule has 136 valence electrons. The minimum Gasteiger partial charge on any atom is -0.353 e. The molecule has 2 aromatic rings. The molecule has 1 aliphatic rings. The predicted molar refractivity (Wildman–Crippen MR) is 101 cm³/mol. The lowest BCUT2D eigenvalue weighted by atomic mass is 10.1. The summed E-state index contributed by atoms with van der Waals surface area (Å²) in [6, 6.07) is 8.49. The van der Waals surface area contributed by atoms with Crippen LogP contribution in [-0.2, 0) is 9.59 Å². The van der Waals surface area contributed by atoms with Crippen LogP contribution in [0, 0.1) is 13.8 Å². The summed E-state index contributed by atoms with van der Waals surface area (Å²) in [7, 11) is 0. The molecule has 1 aromatic carbocycles. The van der Waals surface area contributed by atoms with Crippen LogP contribution in [0.1, 0.15) is 27.2 Å². The molecule has 1 aromatic heterocycles. The molecule has 26 heavy (non-hydrogen) atoms. The number of nitrogens with zero attached hydrogens (tertiary/aromatic N) is 1. The predicted octanol–water partition coefficient (Wildman–Crippen LogP) is 2.33. The first kappa shape index (κ1) is 18.1. The van der Waals surface area contributed by atoms with Gasteiger partial charge in [0.15, 0.2) is 0 Å². The Morgan fingerprint density at radius 3 is 2.65 bits per heavy atom. The molecule has 2 heterocycles. The highest BCUT2D eigenvalue weighted by Gasteiger charge is 2.35. The number of piperazine rings is 1. The molecule has 1 saturated heterocycles. The number of rotatable bonds is 4. The number of carbonyl (C=O) groups is 3. The maximum absolute atomic E-state index is 12.7. The van der Waals surface area contributed by atoms with E-state index in [1.54, 1.807) is 12.1 Å². The van der Waals surface area contributed by atoms with Crippen molar-refractivity contribution >= 4 is 34.7 Å². The molecular formula is C19H21N3O3S. The van der Waals surface area contributed by atoms with Crippen LogP contribution in [0.5, 0.6) is 0 Å². The average Bonchev–Trinajstić information content (AvgIpc) is 3.09. The van der Waals surface area contributed by atoms with Crippen molar-refractivity contribution in [1.82, 2.24) is 10.2 Å². The second-order valence-corrected chi connectivity index (χ2v) is 7.36. The van der Waals surface area contributed by atoms with Crippen molar-refractivity contribution < 1.29 is 14.4 Å². The van der Waals surface area contributed by atoms with E-state index in [2.05, 4.69) is 10.6 Å². The number of amides is 3. The van der Waals surface area contributed by atoms with E-state index in [1.807, 2.05) is 37.4 Å². The highest BCUT2D eigenvalue weighted by Crippen LogP contribution is 2.19. The van der Waals surface area contributed by atoms with Crippen molar-refractivity contribution in [3.63, 3.8) is 0 Å². The monoisotopic (exact) mass is 371 g/mol. The third kappa shape index (κ3) is 4.11. The Kier molecular flexibility index (Phi) is 5.37. The summed E-state index contributed by atoms with van der Waals surface area (Å²) in [5.74, 6) is -0.795. The van der Waals surface area contributed by atoms with E-state index in [1.165, 1.54) is 16.2 Å². The van der Waals surface area contributed by atoms with Crippen LogP contribution in [0.25, 0.3) is 0 Å². The number of nitrogens with one attached hydrogen (secondary N) is 2. The summed E-state index contributed by atoms with van der Waals surface area (Å²) >= 11 is 1.33. The first-order chi connectivity index (χ1) is 12.4. The van der Waals surface area contributed by atoms with Crippen LogP contribution < -0.4 is 10.6 Å². The van der Waals surface area contributed by atoms with E-state index in [9.17, 15) is 14.4 Å². The van der Waals surface area contributed by atoms with Gasteiger partial charge in [-0.25, -0.2) is 0 Å². The Hall–Kier alpha value is -2.67. The molecule has 6 nitrogen and oxygen atoms in total. The molecule has 0 unspecified atom stereocenters. The summed E-state index contributed by atoms with van der Waals surface area (Å²) in [5, 5.41) is 7.39. The third-order valence-electron chi connectivity index (χ3n) is 4.21. The van der Waals surface area contributed by atoms with Gasteiger partial charge in [-0.2, -0.15) is 0 Å². The summed E-state index contributed by atoms with van der Waals surface area (Å²) in [5.41, 5.74) is 2.79. The summed E-state index contributed by atoms with van der Waals surface area (Å²) < 4.78 is 0. The molecule has 0 saturated carbocycles. The SMILES string of the molecule is Cc1cc(C)cc(NC(=O)C[C@H]2C(=O)NCCN2C(=O)c2cccs2)c1. The largest absolute Gasteiger partial charge is 0.353 e. The zero-order valence-corrected chi connectivity index (χ0v) is 15.6. The highest BCUT2D eigenvalue weighted by atomic mass is 32.1. The molecule has 0 aliphatic carbocycles. The van der Waals surface area contributed by atoms with Crippen molar-refractivity contribution in [3.05, 3.63) is 51.7 Å². The fourth-order valence-corrected chi connectivity index (χ4v) is 3.82. The average molecular weight is 371 g/mol. The summed E-state index contributed by atoms with van der Waals surface area (Å²) in [4.78, 5) is 39.5. The first-order valence-electron chi connectivity index (χ1n) is 8.44. The van der Waals surface area contributed by atoms with Crippen molar-refractivity contribution in [2.45, 2.75) is 26.3 Å². The van der Waals surface area contributed by atoms with Crippen molar-refractivity contribution in [2.24, 2.45) is 0 Å². The van der Waals surface area contributed by atoms with Gasteiger partial charge in [0.1, 0.15) is 6.04 Å². The molecular weight excluding hydrogens is 350 g/mol. The Morgan fingerprint density at radius 1 is 1.27 bits per heavy atom. The number of benzene rings is 1. The van der Waals surface area contributed by atoms with Crippen molar-refractivity contribution in [3.8, 4) is 0 Å². The molecule has 0 bridgehead atoms. The minimum absolute atomic E-state index is 0.0735. The van der Waals surface area contributed by atoms with E-state index in [0.717, 1.165) is 11.1 Å². The van der Waals surface area contributed by atoms with Gasteiger partial charge in [0.05, 0.1) is 11.3 Å². The minimum atomic E-state index is -0.802. The lowest BCUT2D eigenvalue weighted by molar-refractivity contribution is -0.131. The highest BCUT2D eigenvalue weighted by molar-refractivity contribution is 7.12. The van der Waals surface area contributed by atoms with Gasteiger partial charge >= 0.3 is 0 Å². The number of hydrogen-bond donors (Lipinski definition) is 2. The van der Waals surface area contributed by atoms with Gasteiger partial charge < -0.3 is 15.5 Å². The molecule has 1 aliphatic heterocycles. The van der Waals surface area contributed by atoms with Crippen LogP contribution in [0.2, 0.25) is 0 Å². The van der Waals surface area contributed by atoms with Gasteiger partial charge in [-0.3, -0.25) is 14.4 Å². The number of anilines is 1. The number of hydrogen-bond acceptors (Lipinski definition) is 4. The van der Waals surface area contributed by atoms with Gasteiger partial charge in [0.2, 0.25) is 11.8 Å². The number of aryl methyl sites for hydroxylation is 2. The molecule has 1 atom stereocenters. The smallest absolute Gasteiger partial charge is 0.264 e. The zero-order chi connectivity index (χ0) is 18.7. The van der Waals surface area contributed by atoms with Crippen LogP contribution in [-0.4, -0.2) is 41.8 Å². The lowest BCUT2D eigenvalue weighted by Gasteiger charge is -2.34. The molecule has 1 fully saturated rings. The zero-order valence-electron chi connectivity index (χ0n) is 14.7. The van der Waals surface area contributed by atoms with Crippen molar-refractivity contribution in [2.75, 3.05) is 18.4 Å². The standard InChI is InChI=1S/C19H21N3O3S/c1-12-8-13(2)10-14(9-12)21-17(23)11-15-18(24)20-5-6-22(15)19(25)16-4-3-7-26-16/h3-4,7-10,15H,5-6,11H2,1-2H3,(H,20,24)(H,21,23)/t15-/m0/s1. The Balaban J connectivity index is 1.73. The third-order valence-corrected chi connectivity index (χ3v) is 5.07. The van der Waals surface area contributed by atoms with Gasteiger partial charge in [0.25, 0.3) is 5.91 Å². The lowest BCUT2D eigenvalue weighted by Crippen LogP contribution is -2.58. The Morgan fingerprint density at radius 2 is 2.00 bits per heavy atom. The molecule has 0 radical (unpaired) electrons. The van der Waals surface area contributed by atoms with E-state index >= 15 is 0 Å². The second kappa shape index (κ2) is 7.70. The van der Waals surface area contributed by atoms with Gasteiger partial charge in [-0.1, -0.05) is 12.1 Å². The summed E-state index contributed by atoms with van der Waals surface area (Å²) in [6.07, 6.45) is -0.0735. The quantitative estimate of drug-likeness (QED) is 0.866. The Labute approximate surface area is 156 Å². The maximum Gasteiger partial charge on any atom is 0.264 e. The first-order valence-corrected chi connectivity index (χ1v) is 9.32. The van der Waals surface area contributed by atoms with E-state index < -0.39 is 6.04 Å². The van der Waals surface area contributed by atoms with Crippen molar-refractivity contribution in [1.29, 1.82) is 0 Å². The van der Waals surface area contributed by atoms with Crippen LogP contribution in [0.4, 0.5) is 5.69 Å². The normalized spacial score (nSPS) is 16.9. The number of carbonyl (C=O) groups excluding carboxylic acids is 3. The van der Waals surface area contributed by atoms with Gasteiger partial charge in [-0.05, 0) is 48.6 Å². The Bertz CT molecular complexity index is 812. The van der Waals surface area contributed by atoms with E-state index in [4.69, 9.17) is 0 Å². The van der Waals surface area contributed by atoms with Crippen LogP contribution in [0.15, 0.2) is 35.7 Å². The molecule has 0 spiro atoms. The fraction of sp³-hybridized carbons (Fsp3) is 0.316. The fourth-order valence-electron chi connectivity index (χ4n) is 3.14.